The van der Waals surface area contributed by atoms with E-state index < -0.39 is 11.8 Å². The Morgan fingerprint density at radius 3 is 2.75 bits per heavy atom. The van der Waals surface area contributed by atoms with Crippen molar-refractivity contribution < 1.29 is 18.7 Å². The first-order valence-electron chi connectivity index (χ1n) is 6.38. The summed E-state index contributed by atoms with van der Waals surface area (Å²) in [5.41, 5.74) is 5.53. The van der Waals surface area contributed by atoms with Gasteiger partial charge in [-0.1, -0.05) is 6.92 Å². The van der Waals surface area contributed by atoms with E-state index in [0.29, 0.717) is 13.0 Å². The second kappa shape index (κ2) is 7.59. The molecule has 0 aromatic heterocycles. The van der Waals surface area contributed by atoms with Crippen LogP contribution in [0.2, 0.25) is 0 Å². The number of anilines is 1. The van der Waals surface area contributed by atoms with Gasteiger partial charge in [0.2, 0.25) is 5.91 Å². The number of nitrogens with one attached hydrogen (secondary N) is 1. The van der Waals surface area contributed by atoms with Gasteiger partial charge in [0.1, 0.15) is 5.82 Å². The largest absolute Gasteiger partial charge is 0.465 e. The summed E-state index contributed by atoms with van der Waals surface area (Å²) in [6.07, 6.45) is 1.35. The number of carbonyl (C=O) groups excluding carboxylic acids is 2. The van der Waals surface area contributed by atoms with Gasteiger partial charge < -0.3 is 15.8 Å². The van der Waals surface area contributed by atoms with E-state index in [9.17, 15) is 14.0 Å². The number of halogens is 1. The highest BCUT2D eigenvalue weighted by molar-refractivity contribution is 5.95. The summed E-state index contributed by atoms with van der Waals surface area (Å²) in [5, 5.41) is 2.48. The van der Waals surface area contributed by atoms with E-state index in [1.54, 1.807) is 6.92 Å². The van der Waals surface area contributed by atoms with Crippen molar-refractivity contribution in [2.75, 3.05) is 19.0 Å². The number of benzene rings is 1. The van der Waals surface area contributed by atoms with Crippen LogP contribution in [0.4, 0.5) is 10.1 Å². The van der Waals surface area contributed by atoms with Gasteiger partial charge in [-0.15, -0.1) is 0 Å². The predicted molar refractivity (Wildman–Crippen MR) is 73.8 cm³/mol. The molecule has 0 spiro atoms. The molecule has 1 unspecified atom stereocenters. The smallest absolute Gasteiger partial charge is 0.337 e. The first-order chi connectivity index (χ1) is 9.49. The molecule has 0 bridgehead atoms. The Kier molecular flexibility index (Phi) is 6.11. The van der Waals surface area contributed by atoms with Crippen LogP contribution in [0.25, 0.3) is 0 Å². The van der Waals surface area contributed by atoms with Crippen LogP contribution >= 0.6 is 0 Å². The highest BCUT2D eigenvalue weighted by atomic mass is 19.1. The van der Waals surface area contributed by atoms with Gasteiger partial charge in [-0.2, -0.15) is 0 Å². The maximum absolute atomic E-state index is 13.6. The third-order valence-corrected chi connectivity index (χ3v) is 2.93. The molecule has 1 aromatic rings. The van der Waals surface area contributed by atoms with Crippen molar-refractivity contribution in [3.8, 4) is 0 Å². The van der Waals surface area contributed by atoms with Crippen molar-refractivity contribution in [2.24, 2.45) is 11.7 Å². The van der Waals surface area contributed by atoms with Gasteiger partial charge in [-0.05, 0) is 37.6 Å². The summed E-state index contributed by atoms with van der Waals surface area (Å²) in [7, 11) is 1.23. The third-order valence-electron chi connectivity index (χ3n) is 2.93. The van der Waals surface area contributed by atoms with E-state index in [4.69, 9.17) is 5.73 Å². The summed E-state index contributed by atoms with van der Waals surface area (Å²) in [6, 6.07) is 3.68. The van der Waals surface area contributed by atoms with E-state index in [1.807, 2.05) is 0 Å². The number of hydrogen-bond donors (Lipinski definition) is 2. The third kappa shape index (κ3) is 4.31. The number of nitrogens with two attached hydrogens (primary N) is 1. The Bertz CT molecular complexity index is 491. The fraction of sp³-hybridized carbons (Fsp3) is 0.429. The minimum absolute atomic E-state index is 0.0301. The molecule has 6 heteroatoms. The summed E-state index contributed by atoms with van der Waals surface area (Å²) in [5.74, 6) is -1.77. The number of methoxy groups -OCH3 is 1. The molecular weight excluding hydrogens is 263 g/mol. The SMILES string of the molecule is COC(=O)c1ccc(F)c(NC(=O)C(C)CCCN)c1. The van der Waals surface area contributed by atoms with Crippen molar-refractivity contribution in [1.29, 1.82) is 0 Å². The van der Waals surface area contributed by atoms with Crippen molar-refractivity contribution in [3.63, 3.8) is 0 Å². The van der Waals surface area contributed by atoms with Gasteiger partial charge in [0.25, 0.3) is 0 Å². The molecule has 5 nitrogen and oxygen atoms in total. The fourth-order valence-corrected chi connectivity index (χ4v) is 1.68. The standard InChI is InChI=1S/C14H19FN2O3/c1-9(4-3-7-16)13(18)17-12-8-10(14(19)20-2)5-6-11(12)15/h5-6,8-9H,3-4,7,16H2,1-2H3,(H,17,18). The predicted octanol–water partition coefficient (Wildman–Crippen LogP) is 1.93. The highest BCUT2D eigenvalue weighted by Gasteiger charge is 2.16. The van der Waals surface area contributed by atoms with Crippen LogP contribution < -0.4 is 11.1 Å². The zero-order valence-corrected chi connectivity index (χ0v) is 11.6. The quantitative estimate of drug-likeness (QED) is 0.781. The number of amides is 1. The molecule has 1 atom stereocenters. The van der Waals surface area contributed by atoms with Crippen LogP contribution in [0, 0.1) is 11.7 Å². The summed E-state index contributed by atoms with van der Waals surface area (Å²) in [6.45, 7) is 2.25. The van der Waals surface area contributed by atoms with Gasteiger partial charge in [0.05, 0.1) is 18.4 Å². The van der Waals surface area contributed by atoms with Gasteiger partial charge in [-0.25, -0.2) is 9.18 Å². The first kappa shape index (κ1) is 16.1. The molecule has 0 fully saturated rings. The molecule has 3 N–H and O–H groups in total. The van der Waals surface area contributed by atoms with E-state index in [2.05, 4.69) is 10.1 Å². The lowest BCUT2D eigenvalue weighted by atomic mass is 10.0. The zero-order valence-electron chi connectivity index (χ0n) is 11.6. The van der Waals surface area contributed by atoms with E-state index >= 15 is 0 Å². The lowest BCUT2D eigenvalue weighted by molar-refractivity contribution is -0.119. The molecule has 0 aliphatic rings. The topological polar surface area (TPSA) is 81.4 Å². The Morgan fingerprint density at radius 2 is 2.15 bits per heavy atom. The maximum atomic E-state index is 13.6. The Labute approximate surface area is 117 Å². The van der Waals surface area contributed by atoms with Crippen LogP contribution in [-0.2, 0) is 9.53 Å². The number of carbonyl (C=O) groups is 2. The summed E-state index contributed by atoms with van der Waals surface area (Å²) >= 11 is 0. The van der Waals surface area contributed by atoms with Crippen LogP contribution in [0.5, 0.6) is 0 Å². The van der Waals surface area contributed by atoms with Gasteiger partial charge in [0.15, 0.2) is 0 Å². The normalized spacial score (nSPS) is 11.8. The molecule has 20 heavy (non-hydrogen) atoms. The number of ether oxygens (including phenoxy) is 1. The van der Waals surface area contributed by atoms with Crippen LogP contribution in [0.3, 0.4) is 0 Å². The Morgan fingerprint density at radius 1 is 1.45 bits per heavy atom. The van der Waals surface area contributed by atoms with E-state index in [-0.39, 0.29) is 23.1 Å². The molecule has 0 saturated carbocycles. The number of hydrogen-bond acceptors (Lipinski definition) is 4. The lowest BCUT2D eigenvalue weighted by Crippen LogP contribution is -2.22. The average molecular weight is 282 g/mol. The highest BCUT2D eigenvalue weighted by Crippen LogP contribution is 2.18. The Hall–Kier alpha value is -1.95. The zero-order chi connectivity index (χ0) is 15.1. The molecule has 1 aromatic carbocycles. The van der Waals surface area contributed by atoms with Crippen LogP contribution in [0.15, 0.2) is 18.2 Å². The van der Waals surface area contributed by atoms with Crippen LogP contribution in [-0.4, -0.2) is 25.5 Å². The average Bonchev–Trinajstić information content (AvgIpc) is 2.45. The summed E-state index contributed by atoms with van der Waals surface area (Å²) < 4.78 is 18.2. The molecule has 1 rings (SSSR count). The molecule has 0 radical (unpaired) electrons. The van der Waals surface area contributed by atoms with Crippen molar-refractivity contribution >= 4 is 17.6 Å². The monoisotopic (exact) mass is 282 g/mol. The minimum atomic E-state index is -0.600. The van der Waals surface area contributed by atoms with Gasteiger partial charge in [-0.3, -0.25) is 4.79 Å². The van der Waals surface area contributed by atoms with Crippen LogP contribution in [0.1, 0.15) is 30.1 Å². The second-order valence-corrected chi connectivity index (χ2v) is 4.51. The van der Waals surface area contributed by atoms with E-state index in [0.717, 1.165) is 12.5 Å². The van der Waals surface area contributed by atoms with Gasteiger partial charge >= 0.3 is 5.97 Å². The molecule has 0 aliphatic heterocycles. The molecule has 0 aliphatic carbocycles. The number of rotatable bonds is 6. The minimum Gasteiger partial charge on any atom is -0.465 e. The molecule has 1 amide bonds. The number of esters is 1. The summed E-state index contributed by atoms with van der Waals surface area (Å²) in [4.78, 5) is 23.3. The molecule has 0 heterocycles. The van der Waals surface area contributed by atoms with Gasteiger partial charge in [0, 0.05) is 5.92 Å². The fourth-order valence-electron chi connectivity index (χ4n) is 1.68. The first-order valence-corrected chi connectivity index (χ1v) is 6.38. The Balaban J connectivity index is 2.80. The maximum Gasteiger partial charge on any atom is 0.337 e. The van der Waals surface area contributed by atoms with E-state index in [1.165, 1.54) is 19.2 Å². The molecule has 0 saturated heterocycles. The van der Waals surface area contributed by atoms with Crippen molar-refractivity contribution in [2.45, 2.75) is 19.8 Å². The lowest BCUT2D eigenvalue weighted by Gasteiger charge is -2.12. The molecule has 110 valence electrons. The molecular formula is C14H19FN2O3. The van der Waals surface area contributed by atoms with Crippen molar-refractivity contribution in [3.05, 3.63) is 29.6 Å². The second-order valence-electron chi connectivity index (χ2n) is 4.51. The van der Waals surface area contributed by atoms with Crippen molar-refractivity contribution in [1.82, 2.24) is 0 Å².